The molecule has 0 unspecified atom stereocenters. The summed E-state index contributed by atoms with van der Waals surface area (Å²) in [6, 6.07) is 7.37. The van der Waals surface area contributed by atoms with Gasteiger partial charge in [0.05, 0.1) is 6.54 Å². The van der Waals surface area contributed by atoms with E-state index in [0.717, 1.165) is 23.5 Å². The standard InChI is InChI=1S/C18H22N4O2/c1-13-19-9-11-21(13)12-15-6-3-4-7-16(15)20-18(24)17-8-5-10-22(17)14(2)23/h3-4,6-7,9,11,17H,5,8,10,12H2,1-2H3,(H,20,24)/t17-/m0/s1. The molecule has 1 aliphatic heterocycles. The molecule has 2 amide bonds. The fourth-order valence-electron chi connectivity index (χ4n) is 3.17. The molecule has 1 atom stereocenters. The third kappa shape index (κ3) is 3.32. The maximum Gasteiger partial charge on any atom is 0.247 e. The zero-order valence-electron chi connectivity index (χ0n) is 14.0. The highest BCUT2D eigenvalue weighted by Gasteiger charge is 2.32. The minimum absolute atomic E-state index is 0.0463. The number of hydrogen-bond acceptors (Lipinski definition) is 3. The van der Waals surface area contributed by atoms with Gasteiger partial charge in [0.1, 0.15) is 11.9 Å². The number of benzene rings is 1. The zero-order valence-corrected chi connectivity index (χ0v) is 14.0. The van der Waals surface area contributed by atoms with E-state index in [2.05, 4.69) is 10.3 Å². The number of para-hydroxylation sites is 1. The van der Waals surface area contributed by atoms with Gasteiger partial charge < -0.3 is 14.8 Å². The number of likely N-dealkylation sites (tertiary alicyclic amines) is 1. The fourth-order valence-corrected chi connectivity index (χ4v) is 3.17. The van der Waals surface area contributed by atoms with E-state index in [0.29, 0.717) is 19.5 Å². The Labute approximate surface area is 141 Å². The van der Waals surface area contributed by atoms with Crippen LogP contribution in [0.2, 0.25) is 0 Å². The lowest BCUT2D eigenvalue weighted by Crippen LogP contribution is -2.42. The lowest BCUT2D eigenvalue weighted by atomic mass is 10.1. The molecule has 0 radical (unpaired) electrons. The largest absolute Gasteiger partial charge is 0.331 e. The van der Waals surface area contributed by atoms with Crippen molar-refractivity contribution in [2.75, 3.05) is 11.9 Å². The minimum atomic E-state index is -0.370. The van der Waals surface area contributed by atoms with Crippen LogP contribution in [0.25, 0.3) is 0 Å². The predicted molar refractivity (Wildman–Crippen MR) is 91.5 cm³/mol. The smallest absolute Gasteiger partial charge is 0.247 e. The van der Waals surface area contributed by atoms with Gasteiger partial charge in [-0.1, -0.05) is 18.2 Å². The van der Waals surface area contributed by atoms with Gasteiger partial charge in [-0.2, -0.15) is 0 Å². The van der Waals surface area contributed by atoms with E-state index in [4.69, 9.17) is 0 Å². The summed E-state index contributed by atoms with van der Waals surface area (Å²) in [5.41, 5.74) is 1.80. The number of imidazole rings is 1. The number of rotatable bonds is 4. The van der Waals surface area contributed by atoms with Crippen molar-refractivity contribution >= 4 is 17.5 Å². The number of nitrogens with zero attached hydrogens (tertiary/aromatic N) is 3. The van der Waals surface area contributed by atoms with Crippen LogP contribution in [-0.2, 0) is 16.1 Å². The SMILES string of the molecule is CC(=O)N1CCC[C@H]1C(=O)Nc1ccccc1Cn1ccnc1C. The van der Waals surface area contributed by atoms with Crippen molar-refractivity contribution in [1.82, 2.24) is 14.5 Å². The van der Waals surface area contributed by atoms with Crippen LogP contribution in [0, 0.1) is 6.92 Å². The molecule has 1 N–H and O–H groups in total. The first-order valence-corrected chi connectivity index (χ1v) is 8.20. The third-order valence-corrected chi connectivity index (χ3v) is 4.50. The van der Waals surface area contributed by atoms with Gasteiger partial charge in [-0.05, 0) is 31.4 Å². The molecule has 0 saturated carbocycles. The summed E-state index contributed by atoms with van der Waals surface area (Å²) in [4.78, 5) is 30.2. The number of anilines is 1. The molecular weight excluding hydrogens is 304 g/mol. The second kappa shape index (κ2) is 6.86. The average Bonchev–Trinajstić information content (AvgIpc) is 3.19. The Morgan fingerprint density at radius 1 is 1.33 bits per heavy atom. The number of aromatic nitrogens is 2. The van der Waals surface area contributed by atoms with Crippen molar-refractivity contribution < 1.29 is 9.59 Å². The van der Waals surface area contributed by atoms with Gasteiger partial charge in [0.25, 0.3) is 0 Å². The van der Waals surface area contributed by atoms with Gasteiger partial charge in [0, 0.05) is 31.5 Å². The van der Waals surface area contributed by atoms with E-state index in [1.54, 1.807) is 11.1 Å². The lowest BCUT2D eigenvalue weighted by Gasteiger charge is -2.23. The first kappa shape index (κ1) is 16.2. The molecule has 2 heterocycles. The first-order valence-electron chi connectivity index (χ1n) is 8.20. The summed E-state index contributed by atoms with van der Waals surface area (Å²) in [7, 11) is 0. The van der Waals surface area contributed by atoms with E-state index in [1.807, 2.05) is 42.0 Å². The summed E-state index contributed by atoms with van der Waals surface area (Å²) in [6.45, 7) is 4.76. The Bertz CT molecular complexity index is 753. The lowest BCUT2D eigenvalue weighted by molar-refractivity contribution is -0.134. The molecule has 6 nitrogen and oxygen atoms in total. The molecule has 0 spiro atoms. The van der Waals surface area contributed by atoms with Crippen molar-refractivity contribution in [2.24, 2.45) is 0 Å². The van der Waals surface area contributed by atoms with E-state index >= 15 is 0 Å². The summed E-state index contributed by atoms with van der Waals surface area (Å²) < 4.78 is 2.03. The van der Waals surface area contributed by atoms with Crippen molar-refractivity contribution in [3.8, 4) is 0 Å². The highest BCUT2D eigenvalue weighted by atomic mass is 16.2. The topological polar surface area (TPSA) is 67.2 Å². The molecule has 1 fully saturated rings. The molecule has 126 valence electrons. The van der Waals surface area contributed by atoms with E-state index < -0.39 is 0 Å². The Morgan fingerprint density at radius 3 is 2.83 bits per heavy atom. The van der Waals surface area contributed by atoms with Crippen LogP contribution in [-0.4, -0.2) is 38.9 Å². The van der Waals surface area contributed by atoms with Gasteiger partial charge in [-0.15, -0.1) is 0 Å². The van der Waals surface area contributed by atoms with Crippen molar-refractivity contribution in [3.05, 3.63) is 48.0 Å². The molecule has 1 saturated heterocycles. The Morgan fingerprint density at radius 2 is 2.12 bits per heavy atom. The molecule has 6 heteroatoms. The maximum absolute atomic E-state index is 12.6. The van der Waals surface area contributed by atoms with Crippen LogP contribution in [0.15, 0.2) is 36.7 Å². The molecule has 2 aromatic rings. The second-order valence-corrected chi connectivity index (χ2v) is 6.12. The number of carbonyl (C=O) groups is 2. The Balaban J connectivity index is 1.77. The van der Waals surface area contributed by atoms with E-state index in [9.17, 15) is 9.59 Å². The second-order valence-electron chi connectivity index (χ2n) is 6.12. The molecular formula is C18H22N4O2. The molecule has 3 rings (SSSR count). The van der Waals surface area contributed by atoms with E-state index in [1.165, 1.54) is 6.92 Å². The van der Waals surface area contributed by atoms with Gasteiger partial charge in [-0.3, -0.25) is 9.59 Å². The summed E-state index contributed by atoms with van der Waals surface area (Å²) in [6.07, 6.45) is 5.27. The van der Waals surface area contributed by atoms with Crippen molar-refractivity contribution in [3.63, 3.8) is 0 Å². The van der Waals surface area contributed by atoms with Gasteiger partial charge >= 0.3 is 0 Å². The Hall–Kier alpha value is -2.63. The van der Waals surface area contributed by atoms with Crippen LogP contribution in [0.4, 0.5) is 5.69 Å². The highest BCUT2D eigenvalue weighted by molar-refractivity contribution is 5.97. The van der Waals surface area contributed by atoms with Crippen LogP contribution in [0.5, 0.6) is 0 Å². The van der Waals surface area contributed by atoms with Gasteiger partial charge in [0.2, 0.25) is 11.8 Å². The molecule has 1 aromatic carbocycles. The fraction of sp³-hybridized carbons (Fsp3) is 0.389. The average molecular weight is 326 g/mol. The predicted octanol–water partition coefficient (Wildman–Crippen LogP) is 2.19. The van der Waals surface area contributed by atoms with Crippen LogP contribution in [0.1, 0.15) is 31.2 Å². The molecule has 1 aliphatic rings. The number of amides is 2. The monoisotopic (exact) mass is 326 g/mol. The highest BCUT2D eigenvalue weighted by Crippen LogP contribution is 2.22. The first-order chi connectivity index (χ1) is 11.6. The number of hydrogen-bond donors (Lipinski definition) is 1. The van der Waals surface area contributed by atoms with Crippen LogP contribution in [0.3, 0.4) is 0 Å². The van der Waals surface area contributed by atoms with Crippen LogP contribution >= 0.6 is 0 Å². The zero-order chi connectivity index (χ0) is 17.1. The number of aryl methyl sites for hydroxylation is 1. The van der Waals surface area contributed by atoms with Gasteiger partial charge in [0.15, 0.2) is 0 Å². The third-order valence-electron chi connectivity index (χ3n) is 4.50. The van der Waals surface area contributed by atoms with Crippen LogP contribution < -0.4 is 5.32 Å². The summed E-state index contributed by atoms with van der Waals surface area (Å²) in [5, 5.41) is 3.00. The molecule has 24 heavy (non-hydrogen) atoms. The molecule has 0 aliphatic carbocycles. The number of nitrogens with one attached hydrogen (secondary N) is 1. The number of carbonyl (C=O) groups excluding carboxylic acids is 2. The minimum Gasteiger partial charge on any atom is -0.331 e. The normalized spacial score (nSPS) is 17.1. The summed E-state index contributed by atoms with van der Waals surface area (Å²) >= 11 is 0. The Kier molecular flexibility index (Phi) is 4.64. The quantitative estimate of drug-likeness (QED) is 0.936. The van der Waals surface area contributed by atoms with Gasteiger partial charge in [-0.25, -0.2) is 4.98 Å². The molecule has 0 bridgehead atoms. The molecule has 1 aromatic heterocycles. The van der Waals surface area contributed by atoms with Crippen molar-refractivity contribution in [2.45, 2.75) is 39.3 Å². The van der Waals surface area contributed by atoms with E-state index in [-0.39, 0.29) is 17.9 Å². The summed E-state index contributed by atoms with van der Waals surface area (Å²) in [5.74, 6) is 0.766. The van der Waals surface area contributed by atoms with Crippen molar-refractivity contribution in [1.29, 1.82) is 0 Å². The maximum atomic E-state index is 12.6.